The first-order chi connectivity index (χ1) is 9.29. The Morgan fingerprint density at radius 1 is 1.50 bits per heavy atom. The van der Waals surface area contributed by atoms with Crippen LogP contribution in [0.4, 0.5) is 10.1 Å². The minimum Gasteiger partial charge on any atom is -0.465 e. The number of esters is 1. The molecule has 0 aliphatic carbocycles. The number of hydrogen-bond donors (Lipinski definition) is 0. The quantitative estimate of drug-likeness (QED) is 0.208. The van der Waals surface area contributed by atoms with Crippen molar-refractivity contribution in [1.82, 2.24) is 0 Å². The summed E-state index contributed by atoms with van der Waals surface area (Å²) >= 11 is 5.63. The molecule has 0 aromatic heterocycles. The maximum atomic E-state index is 13.5. The van der Waals surface area contributed by atoms with Crippen molar-refractivity contribution in [1.29, 1.82) is 0 Å². The Bertz CT molecular complexity index is 575. The Morgan fingerprint density at radius 3 is 2.60 bits per heavy atom. The van der Waals surface area contributed by atoms with Crippen molar-refractivity contribution in [2.45, 2.75) is 19.2 Å². The third-order valence-electron chi connectivity index (χ3n) is 2.44. The molecule has 0 amide bonds. The molecule has 1 unspecified atom stereocenters. The number of nitro benzene ring substituents is 1. The highest BCUT2D eigenvalue weighted by Crippen LogP contribution is 2.24. The Morgan fingerprint density at radius 2 is 2.10 bits per heavy atom. The van der Waals surface area contributed by atoms with Gasteiger partial charge in [-0.05, 0) is 25.5 Å². The van der Waals surface area contributed by atoms with Crippen molar-refractivity contribution < 1.29 is 23.6 Å². The molecule has 0 saturated heterocycles. The molecule has 6 nitrogen and oxygen atoms in total. The van der Waals surface area contributed by atoms with Crippen LogP contribution in [-0.2, 0) is 9.53 Å². The molecule has 0 bridgehead atoms. The number of benzene rings is 1. The van der Waals surface area contributed by atoms with Gasteiger partial charge in [-0.3, -0.25) is 14.9 Å². The summed E-state index contributed by atoms with van der Waals surface area (Å²) in [6.07, 6.45) is 0. The number of nitrogens with zero attached hydrogens (tertiary/aromatic N) is 1. The van der Waals surface area contributed by atoms with Gasteiger partial charge in [-0.15, -0.1) is 11.6 Å². The lowest BCUT2D eigenvalue weighted by atomic mass is 10.0. The zero-order valence-corrected chi connectivity index (χ0v) is 11.4. The first kappa shape index (κ1) is 16.0. The highest BCUT2D eigenvalue weighted by molar-refractivity contribution is 6.43. The number of aryl methyl sites for hydroxylation is 1. The monoisotopic (exact) mass is 303 g/mol. The van der Waals surface area contributed by atoms with E-state index in [-0.39, 0.29) is 17.7 Å². The normalized spacial score (nSPS) is 11.8. The van der Waals surface area contributed by atoms with E-state index in [1.54, 1.807) is 6.92 Å². The van der Waals surface area contributed by atoms with Gasteiger partial charge in [0, 0.05) is 11.6 Å². The van der Waals surface area contributed by atoms with E-state index in [0.29, 0.717) is 0 Å². The van der Waals surface area contributed by atoms with Crippen molar-refractivity contribution in [3.8, 4) is 0 Å². The summed E-state index contributed by atoms with van der Waals surface area (Å²) in [6, 6.07) is 1.85. The van der Waals surface area contributed by atoms with Crippen molar-refractivity contribution in [3.05, 3.63) is 39.2 Å². The lowest BCUT2D eigenvalue weighted by molar-refractivity contribution is -0.387. The molecule has 8 heteroatoms. The van der Waals surface area contributed by atoms with Crippen LogP contribution in [0.5, 0.6) is 0 Å². The van der Waals surface area contributed by atoms with Gasteiger partial charge in [-0.25, -0.2) is 4.79 Å². The number of halogens is 2. The number of hydrogen-bond acceptors (Lipinski definition) is 5. The second-order valence-electron chi connectivity index (χ2n) is 3.86. The van der Waals surface area contributed by atoms with Gasteiger partial charge in [-0.1, -0.05) is 0 Å². The molecule has 0 fully saturated rings. The van der Waals surface area contributed by atoms with Crippen molar-refractivity contribution >= 4 is 29.0 Å². The van der Waals surface area contributed by atoms with Crippen LogP contribution >= 0.6 is 11.6 Å². The highest BCUT2D eigenvalue weighted by Gasteiger charge is 2.29. The molecular weight excluding hydrogens is 293 g/mol. The van der Waals surface area contributed by atoms with Gasteiger partial charge in [0.1, 0.15) is 0 Å². The minimum atomic E-state index is -1.63. The molecule has 0 radical (unpaired) electrons. The van der Waals surface area contributed by atoms with E-state index in [4.69, 9.17) is 11.6 Å². The summed E-state index contributed by atoms with van der Waals surface area (Å²) in [5, 5.41) is 9.06. The zero-order valence-electron chi connectivity index (χ0n) is 10.7. The van der Waals surface area contributed by atoms with Crippen LogP contribution in [0.1, 0.15) is 22.8 Å². The molecule has 0 saturated carbocycles. The fraction of sp³-hybridized carbons (Fsp3) is 0.333. The van der Waals surface area contributed by atoms with Gasteiger partial charge in [0.2, 0.25) is 5.82 Å². The summed E-state index contributed by atoms with van der Waals surface area (Å²) in [5.41, 5.74) is -1.15. The van der Waals surface area contributed by atoms with Gasteiger partial charge in [0.25, 0.3) is 0 Å². The van der Waals surface area contributed by atoms with Crippen LogP contribution in [-0.4, -0.2) is 28.7 Å². The lowest BCUT2D eigenvalue weighted by Crippen LogP contribution is -2.27. The molecule has 20 heavy (non-hydrogen) atoms. The first-order valence-corrected chi connectivity index (χ1v) is 6.02. The average molecular weight is 304 g/mol. The Hall–Kier alpha value is -2.02. The van der Waals surface area contributed by atoms with Gasteiger partial charge in [-0.2, -0.15) is 4.39 Å². The fourth-order valence-corrected chi connectivity index (χ4v) is 1.68. The first-order valence-electron chi connectivity index (χ1n) is 5.59. The van der Waals surface area contributed by atoms with E-state index in [2.05, 4.69) is 4.74 Å². The highest BCUT2D eigenvalue weighted by atomic mass is 35.5. The second-order valence-corrected chi connectivity index (χ2v) is 4.30. The smallest absolute Gasteiger partial charge is 0.332 e. The molecule has 1 rings (SSSR count). The van der Waals surface area contributed by atoms with Crippen LogP contribution in [0.3, 0.4) is 0 Å². The van der Waals surface area contributed by atoms with E-state index in [0.717, 1.165) is 12.1 Å². The minimum absolute atomic E-state index is 0.0396. The third-order valence-corrected chi connectivity index (χ3v) is 2.82. The summed E-state index contributed by atoms with van der Waals surface area (Å²) in [6.45, 7) is 2.85. The Kier molecular flexibility index (Phi) is 5.15. The number of rotatable bonds is 5. The molecule has 108 valence electrons. The summed E-state index contributed by atoms with van der Waals surface area (Å²) in [7, 11) is 0. The fourth-order valence-electron chi connectivity index (χ4n) is 1.49. The molecular formula is C12H11ClFNO5. The summed E-state index contributed by atoms with van der Waals surface area (Å²) in [5.74, 6) is -2.87. The lowest BCUT2D eigenvalue weighted by Gasteiger charge is -2.09. The number of ether oxygens (including phenoxy) is 1. The van der Waals surface area contributed by atoms with Crippen molar-refractivity contribution in [3.63, 3.8) is 0 Å². The van der Waals surface area contributed by atoms with Crippen molar-refractivity contribution in [2.75, 3.05) is 6.61 Å². The maximum absolute atomic E-state index is 13.5. The summed E-state index contributed by atoms with van der Waals surface area (Å²) < 4.78 is 18.1. The van der Waals surface area contributed by atoms with E-state index < -0.39 is 33.6 Å². The standard InChI is InChI=1S/C12H11ClFNO5/c1-3-20-12(17)9(13)11(16)7-4-6(2)10(14)8(5-7)15(18)19/h4-5,9H,3H2,1-2H3. The number of carbonyl (C=O) groups excluding carboxylic acids is 2. The van der Waals surface area contributed by atoms with E-state index in [1.165, 1.54) is 6.92 Å². The van der Waals surface area contributed by atoms with Gasteiger partial charge in [0.05, 0.1) is 11.5 Å². The van der Waals surface area contributed by atoms with Crippen LogP contribution in [0.25, 0.3) is 0 Å². The number of nitro groups is 1. The Balaban J connectivity index is 3.17. The predicted molar refractivity (Wildman–Crippen MR) is 68.4 cm³/mol. The number of ketones is 1. The van der Waals surface area contributed by atoms with Crippen LogP contribution in [0.15, 0.2) is 12.1 Å². The molecule has 1 aromatic carbocycles. The SMILES string of the molecule is CCOC(=O)C(Cl)C(=O)c1cc(C)c(F)c([N+](=O)[O-])c1. The molecule has 1 aromatic rings. The predicted octanol–water partition coefficient (Wildman–Crippen LogP) is 2.40. The average Bonchev–Trinajstić information content (AvgIpc) is 2.39. The zero-order chi connectivity index (χ0) is 15.4. The molecule has 0 aliphatic heterocycles. The summed E-state index contributed by atoms with van der Waals surface area (Å²) in [4.78, 5) is 33.0. The van der Waals surface area contributed by atoms with Gasteiger partial charge < -0.3 is 4.74 Å². The number of Topliss-reactive ketones (excluding diaryl/α,β-unsaturated/α-hetero) is 1. The molecule has 0 spiro atoms. The van der Waals surface area contributed by atoms with Crippen molar-refractivity contribution in [2.24, 2.45) is 0 Å². The maximum Gasteiger partial charge on any atom is 0.332 e. The van der Waals surface area contributed by atoms with Crippen LogP contribution in [0, 0.1) is 22.9 Å². The third kappa shape index (κ3) is 3.30. The molecule has 0 heterocycles. The molecule has 0 aliphatic rings. The Labute approximate surface area is 118 Å². The second kappa shape index (κ2) is 6.42. The van der Waals surface area contributed by atoms with E-state index in [1.807, 2.05) is 0 Å². The van der Waals surface area contributed by atoms with Gasteiger partial charge >= 0.3 is 11.7 Å². The van der Waals surface area contributed by atoms with Crippen LogP contribution < -0.4 is 0 Å². The van der Waals surface area contributed by atoms with E-state index in [9.17, 15) is 24.1 Å². The van der Waals surface area contributed by atoms with Gasteiger partial charge in [0.15, 0.2) is 11.2 Å². The number of alkyl halides is 1. The number of carbonyl (C=O) groups is 2. The molecule has 0 N–H and O–H groups in total. The van der Waals surface area contributed by atoms with E-state index >= 15 is 0 Å². The molecule has 1 atom stereocenters. The van der Waals surface area contributed by atoms with Crippen LogP contribution in [0.2, 0.25) is 0 Å². The topological polar surface area (TPSA) is 86.5 Å². The largest absolute Gasteiger partial charge is 0.465 e.